The van der Waals surface area contributed by atoms with Crippen LogP contribution in [0.5, 0.6) is 0 Å². The van der Waals surface area contributed by atoms with Crippen LogP contribution in [0, 0.1) is 6.92 Å². The molecule has 4 nitrogen and oxygen atoms in total. The summed E-state index contributed by atoms with van der Waals surface area (Å²) < 4.78 is 0. The van der Waals surface area contributed by atoms with Crippen LogP contribution < -0.4 is 11.1 Å². The molecule has 4 heteroatoms. The van der Waals surface area contributed by atoms with Gasteiger partial charge in [0, 0.05) is 35.0 Å². The summed E-state index contributed by atoms with van der Waals surface area (Å²) in [6.45, 7) is 11.8. The number of aromatic nitrogens is 1. The number of hydrogen-bond donors (Lipinski definition) is 2. The zero-order valence-corrected chi connectivity index (χ0v) is 13.5. The third-order valence-corrected chi connectivity index (χ3v) is 3.79. The Hall–Kier alpha value is -1.81. The predicted octanol–water partition coefficient (Wildman–Crippen LogP) is 3.27. The van der Waals surface area contributed by atoms with Gasteiger partial charge in [-0.1, -0.05) is 13.8 Å². The Kier molecular flexibility index (Phi) is 5.02. The molecular weight excluding hydrogens is 260 g/mol. The average Bonchev–Trinajstić information content (AvgIpc) is 2.45. The molecule has 3 N–H and O–H groups in total. The van der Waals surface area contributed by atoms with Gasteiger partial charge in [-0.2, -0.15) is 0 Å². The van der Waals surface area contributed by atoms with Crippen molar-refractivity contribution < 1.29 is 0 Å². The predicted molar refractivity (Wildman–Crippen MR) is 91.8 cm³/mol. The van der Waals surface area contributed by atoms with E-state index in [-0.39, 0.29) is 0 Å². The van der Waals surface area contributed by atoms with Gasteiger partial charge >= 0.3 is 0 Å². The second-order valence-corrected chi connectivity index (χ2v) is 5.62. The fourth-order valence-electron chi connectivity index (χ4n) is 2.68. The van der Waals surface area contributed by atoms with Crippen LogP contribution in [-0.4, -0.2) is 35.6 Å². The maximum absolute atomic E-state index is 5.92. The molecule has 0 aliphatic rings. The Bertz CT molecular complexity index is 605. The van der Waals surface area contributed by atoms with Crippen LogP contribution in [0.3, 0.4) is 0 Å². The zero-order valence-electron chi connectivity index (χ0n) is 13.5. The molecule has 0 saturated heterocycles. The first-order chi connectivity index (χ1) is 10.0. The third-order valence-electron chi connectivity index (χ3n) is 3.79. The lowest BCUT2D eigenvalue weighted by Gasteiger charge is -2.24. The summed E-state index contributed by atoms with van der Waals surface area (Å²) in [5, 5.41) is 4.70. The molecule has 0 spiro atoms. The van der Waals surface area contributed by atoms with E-state index < -0.39 is 0 Å². The van der Waals surface area contributed by atoms with Gasteiger partial charge in [0.2, 0.25) is 0 Å². The average molecular weight is 286 g/mol. The molecule has 2 rings (SSSR count). The molecule has 21 heavy (non-hydrogen) atoms. The van der Waals surface area contributed by atoms with Crippen molar-refractivity contribution in [2.75, 3.05) is 30.7 Å². The largest absolute Gasteiger partial charge is 0.399 e. The number of nitrogens with one attached hydrogen (secondary N) is 1. The lowest BCUT2D eigenvalue weighted by molar-refractivity contribution is 0.295. The number of hydrogen-bond acceptors (Lipinski definition) is 4. The van der Waals surface area contributed by atoms with Gasteiger partial charge in [0.05, 0.1) is 5.52 Å². The Labute approximate surface area is 127 Å². The van der Waals surface area contributed by atoms with Crippen LogP contribution >= 0.6 is 0 Å². The Morgan fingerprint density at radius 2 is 1.95 bits per heavy atom. The van der Waals surface area contributed by atoms with Crippen molar-refractivity contribution in [3.05, 3.63) is 30.0 Å². The van der Waals surface area contributed by atoms with E-state index in [4.69, 9.17) is 5.73 Å². The van der Waals surface area contributed by atoms with Gasteiger partial charge < -0.3 is 16.0 Å². The number of nitrogens with two attached hydrogens (primary N) is 1. The van der Waals surface area contributed by atoms with Crippen LogP contribution in [0.1, 0.15) is 26.5 Å². The normalized spacial score (nSPS) is 12.8. The number of aryl methyl sites for hydroxylation is 1. The molecular formula is C17H26N4. The number of rotatable bonds is 6. The third kappa shape index (κ3) is 3.85. The van der Waals surface area contributed by atoms with E-state index in [2.05, 4.69) is 42.0 Å². The number of anilines is 2. The summed E-state index contributed by atoms with van der Waals surface area (Å²) in [7, 11) is 0. The lowest BCUT2D eigenvalue weighted by atomic mass is 10.1. The molecule has 1 unspecified atom stereocenters. The highest BCUT2D eigenvalue weighted by molar-refractivity contribution is 5.93. The SMILES string of the molecule is CCN(CC)CC(C)Nc1cc(C)nc2ccc(N)cc12. The van der Waals surface area contributed by atoms with Crippen LogP contribution in [0.2, 0.25) is 0 Å². The Morgan fingerprint density at radius 3 is 2.62 bits per heavy atom. The van der Waals surface area contributed by atoms with Gasteiger partial charge in [0.15, 0.2) is 0 Å². The standard InChI is InChI=1S/C17H26N4/c1-5-21(6-2)11-13(4)20-17-9-12(3)19-16-8-7-14(18)10-15(16)17/h7-10,13H,5-6,11,18H2,1-4H3,(H,19,20). The topological polar surface area (TPSA) is 54.2 Å². The maximum atomic E-state index is 5.92. The number of likely N-dealkylation sites (N-methyl/N-ethyl adjacent to an activating group) is 1. The minimum absolute atomic E-state index is 0.372. The summed E-state index contributed by atoms with van der Waals surface area (Å²) in [5.41, 5.74) is 9.81. The van der Waals surface area contributed by atoms with Crippen LogP contribution in [0.15, 0.2) is 24.3 Å². The molecule has 114 valence electrons. The molecule has 0 radical (unpaired) electrons. The molecule has 1 aromatic heterocycles. The van der Waals surface area contributed by atoms with E-state index in [0.29, 0.717) is 6.04 Å². The van der Waals surface area contributed by atoms with Gasteiger partial charge in [-0.25, -0.2) is 0 Å². The van der Waals surface area contributed by atoms with Gasteiger partial charge in [-0.3, -0.25) is 4.98 Å². The number of pyridine rings is 1. The van der Waals surface area contributed by atoms with Crippen molar-refractivity contribution in [3.63, 3.8) is 0 Å². The first-order valence-electron chi connectivity index (χ1n) is 7.69. The van der Waals surface area contributed by atoms with Gasteiger partial charge in [-0.15, -0.1) is 0 Å². The fourth-order valence-corrected chi connectivity index (χ4v) is 2.68. The van der Waals surface area contributed by atoms with E-state index in [0.717, 1.165) is 47.6 Å². The minimum atomic E-state index is 0.372. The quantitative estimate of drug-likeness (QED) is 0.800. The molecule has 2 aromatic rings. The summed E-state index contributed by atoms with van der Waals surface area (Å²) in [5.74, 6) is 0. The van der Waals surface area contributed by atoms with E-state index in [1.54, 1.807) is 0 Å². The second-order valence-electron chi connectivity index (χ2n) is 5.62. The van der Waals surface area contributed by atoms with Gasteiger partial charge in [0.25, 0.3) is 0 Å². The molecule has 0 bridgehead atoms. The van der Waals surface area contributed by atoms with E-state index in [1.807, 2.05) is 25.1 Å². The lowest BCUT2D eigenvalue weighted by Crippen LogP contribution is -2.34. The first kappa shape index (κ1) is 15.6. The van der Waals surface area contributed by atoms with Gasteiger partial charge in [-0.05, 0) is 51.2 Å². The second kappa shape index (κ2) is 6.76. The first-order valence-corrected chi connectivity index (χ1v) is 7.69. The molecule has 0 amide bonds. The Morgan fingerprint density at radius 1 is 1.24 bits per heavy atom. The van der Waals surface area contributed by atoms with Crippen molar-refractivity contribution in [1.82, 2.24) is 9.88 Å². The summed E-state index contributed by atoms with van der Waals surface area (Å²) in [4.78, 5) is 6.99. The van der Waals surface area contributed by atoms with E-state index in [1.165, 1.54) is 0 Å². The molecule has 0 fully saturated rings. The van der Waals surface area contributed by atoms with Gasteiger partial charge in [0.1, 0.15) is 0 Å². The summed E-state index contributed by atoms with van der Waals surface area (Å²) >= 11 is 0. The number of nitrogens with zero attached hydrogens (tertiary/aromatic N) is 2. The fraction of sp³-hybridized carbons (Fsp3) is 0.471. The van der Waals surface area contributed by atoms with Crippen molar-refractivity contribution in [2.45, 2.75) is 33.7 Å². The van der Waals surface area contributed by atoms with Crippen molar-refractivity contribution >= 4 is 22.3 Å². The van der Waals surface area contributed by atoms with Crippen molar-refractivity contribution in [3.8, 4) is 0 Å². The molecule has 1 atom stereocenters. The number of benzene rings is 1. The Balaban J connectivity index is 2.26. The molecule has 0 saturated carbocycles. The monoisotopic (exact) mass is 286 g/mol. The van der Waals surface area contributed by atoms with Crippen LogP contribution in [0.25, 0.3) is 10.9 Å². The highest BCUT2D eigenvalue weighted by Gasteiger charge is 2.10. The summed E-state index contributed by atoms with van der Waals surface area (Å²) in [6.07, 6.45) is 0. The van der Waals surface area contributed by atoms with Crippen LogP contribution in [-0.2, 0) is 0 Å². The zero-order chi connectivity index (χ0) is 15.4. The highest BCUT2D eigenvalue weighted by Crippen LogP contribution is 2.25. The minimum Gasteiger partial charge on any atom is -0.399 e. The van der Waals surface area contributed by atoms with Crippen LogP contribution in [0.4, 0.5) is 11.4 Å². The smallest absolute Gasteiger partial charge is 0.0727 e. The molecule has 0 aliphatic carbocycles. The molecule has 1 heterocycles. The molecule has 0 aliphatic heterocycles. The number of fused-ring (bicyclic) bond motifs is 1. The van der Waals surface area contributed by atoms with Crippen molar-refractivity contribution in [1.29, 1.82) is 0 Å². The van der Waals surface area contributed by atoms with E-state index >= 15 is 0 Å². The number of nitrogen functional groups attached to an aromatic ring is 1. The van der Waals surface area contributed by atoms with E-state index in [9.17, 15) is 0 Å². The maximum Gasteiger partial charge on any atom is 0.0727 e. The van der Waals surface area contributed by atoms with Crippen molar-refractivity contribution in [2.24, 2.45) is 0 Å². The summed E-state index contributed by atoms with van der Waals surface area (Å²) in [6, 6.07) is 8.35. The highest BCUT2D eigenvalue weighted by atomic mass is 15.1. The molecule has 1 aromatic carbocycles.